The zero-order valence-corrected chi connectivity index (χ0v) is 22.7. The lowest BCUT2D eigenvalue weighted by molar-refractivity contribution is 0.297. The molecule has 208 valence electrons. The van der Waals surface area contributed by atoms with Gasteiger partial charge in [-0.05, 0) is 59.5 Å². The van der Waals surface area contributed by atoms with Crippen LogP contribution < -0.4 is 19.9 Å². The Morgan fingerprint density at radius 2 is 1.80 bits per heavy atom. The van der Waals surface area contributed by atoms with Crippen molar-refractivity contribution in [3.63, 3.8) is 0 Å². The van der Waals surface area contributed by atoms with Crippen molar-refractivity contribution in [2.45, 2.75) is 37.9 Å². The third-order valence-corrected chi connectivity index (χ3v) is 7.69. The van der Waals surface area contributed by atoms with Crippen LogP contribution in [0.25, 0.3) is 11.0 Å². The first-order valence-electron chi connectivity index (χ1n) is 12.5. The number of rotatable bonds is 11. The minimum Gasteiger partial charge on any atom is -0.496 e. The minimum atomic E-state index is -4.17. The van der Waals surface area contributed by atoms with E-state index in [4.69, 9.17) is 19.7 Å². The molecule has 2 aromatic heterocycles. The highest BCUT2D eigenvalue weighted by atomic mass is 32.2. The number of aryl methyl sites for hydroxylation is 1. The molecule has 3 N–H and O–H groups in total. The van der Waals surface area contributed by atoms with E-state index in [-0.39, 0.29) is 28.9 Å². The van der Waals surface area contributed by atoms with E-state index in [0.717, 1.165) is 16.7 Å². The molecule has 0 atom stereocenters. The quantitative estimate of drug-likeness (QED) is 0.237. The average molecular weight is 566 g/mol. The molecule has 0 unspecified atom stereocenters. The Labute approximate surface area is 230 Å². The monoisotopic (exact) mass is 565 g/mol. The van der Waals surface area contributed by atoms with Gasteiger partial charge in [-0.15, -0.1) is 0 Å². The summed E-state index contributed by atoms with van der Waals surface area (Å²) in [6.45, 7) is 2.79. The van der Waals surface area contributed by atoms with Gasteiger partial charge in [0.25, 0.3) is 10.0 Å². The standard InChI is InChI=1S/C28H28FN5O5S/c1-3-18-6-9-23(38-17-19-4-7-22(29)8-5-19)26(12-18)40(35,36)33-28-27-24(37-2)10-20(11-25(27)39-32-28)15-34-16-21(13-30)14-31-34/h4-12,14,16H,3,13,15,17,30H2,1-2H3,(H,32,33). The topological polar surface area (TPSA) is 134 Å². The van der Waals surface area contributed by atoms with E-state index in [9.17, 15) is 12.8 Å². The van der Waals surface area contributed by atoms with Gasteiger partial charge in [-0.3, -0.25) is 9.40 Å². The van der Waals surface area contributed by atoms with Gasteiger partial charge in [-0.1, -0.05) is 30.3 Å². The fourth-order valence-corrected chi connectivity index (χ4v) is 5.43. The first kappa shape index (κ1) is 27.2. The first-order chi connectivity index (χ1) is 19.3. The highest BCUT2D eigenvalue weighted by Gasteiger charge is 2.25. The zero-order valence-electron chi connectivity index (χ0n) is 21.9. The van der Waals surface area contributed by atoms with Crippen LogP contribution in [0.1, 0.15) is 29.2 Å². The van der Waals surface area contributed by atoms with Gasteiger partial charge in [0.05, 0.1) is 19.9 Å². The molecule has 0 aliphatic heterocycles. The SMILES string of the molecule is CCc1ccc(OCc2ccc(F)cc2)c(S(=O)(=O)Nc2noc3cc(Cn4cc(CN)cn4)cc(OC)c23)c1. The number of hydrogen-bond acceptors (Lipinski definition) is 8. The fourth-order valence-electron chi connectivity index (χ4n) is 4.22. The van der Waals surface area contributed by atoms with Crippen molar-refractivity contribution in [3.8, 4) is 11.5 Å². The molecule has 5 aromatic rings. The van der Waals surface area contributed by atoms with Crippen molar-refractivity contribution < 1.29 is 26.8 Å². The van der Waals surface area contributed by atoms with Crippen LogP contribution >= 0.6 is 0 Å². The Bertz CT molecular complexity index is 1750. The van der Waals surface area contributed by atoms with Gasteiger partial charge >= 0.3 is 0 Å². The maximum atomic E-state index is 13.6. The Kier molecular flexibility index (Phi) is 7.71. The zero-order chi connectivity index (χ0) is 28.3. The van der Waals surface area contributed by atoms with Crippen LogP contribution in [0, 0.1) is 5.82 Å². The number of benzene rings is 3. The lowest BCUT2D eigenvalue weighted by Gasteiger charge is -2.14. The molecule has 0 aliphatic rings. The molecule has 0 saturated carbocycles. The highest BCUT2D eigenvalue weighted by molar-refractivity contribution is 7.92. The molecule has 2 heterocycles. The van der Waals surface area contributed by atoms with Crippen molar-refractivity contribution in [1.82, 2.24) is 14.9 Å². The van der Waals surface area contributed by atoms with Crippen molar-refractivity contribution in [1.29, 1.82) is 0 Å². The van der Waals surface area contributed by atoms with Crippen LogP contribution in [0.4, 0.5) is 10.2 Å². The predicted molar refractivity (Wildman–Crippen MR) is 147 cm³/mol. The van der Waals surface area contributed by atoms with Gasteiger partial charge < -0.3 is 19.7 Å². The molecule has 12 heteroatoms. The van der Waals surface area contributed by atoms with E-state index in [2.05, 4.69) is 15.0 Å². The Hall–Kier alpha value is -4.42. The van der Waals surface area contributed by atoms with Gasteiger partial charge in [0.1, 0.15) is 34.2 Å². The summed E-state index contributed by atoms with van der Waals surface area (Å²) in [6, 6.07) is 14.3. The normalized spacial score (nSPS) is 11.6. The van der Waals surface area contributed by atoms with Crippen LogP contribution in [0.3, 0.4) is 0 Å². The number of nitrogens with two attached hydrogens (primary N) is 1. The molecule has 0 spiro atoms. The van der Waals surface area contributed by atoms with Gasteiger partial charge in [0, 0.05) is 18.3 Å². The summed E-state index contributed by atoms with van der Waals surface area (Å²) < 4.78 is 61.8. The van der Waals surface area contributed by atoms with E-state index < -0.39 is 10.0 Å². The molecule has 0 amide bonds. The van der Waals surface area contributed by atoms with Crippen LogP contribution in [0.15, 0.2) is 76.4 Å². The minimum absolute atomic E-state index is 0.0192. The number of halogens is 1. The summed E-state index contributed by atoms with van der Waals surface area (Å²) >= 11 is 0. The largest absolute Gasteiger partial charge is 0.496 e. The third kappa shape index (κ3) is 5.77. The van der Waals surface area contributed by atoms with E-state index in [1.165, 1.54) is 19.2 Å². The number of methoxy groups -OCH3 is 1. The Morgan fingerprint density at radius 1 is 1.02 bits per heavy atom. The van der Waals surface area contributed by atoms with E-state index in [0.29, 0.717) is 41.8 Å². The lowest BCUT2D eigenvalue weighted by atomic mass is 10.1. The smallest absolute Gasteiger partial charge is 0.266 e. The Morgan fingerprint density at radius 3 is 2.50 bits per heavy atom. The fraction of sp³-hybridized carbons (Fsp3) is 0.214. The first-order valence-corrected chi connectivity index (χ1v) is 14.0. The summed E-state index contributed by atoms with van der Waals surface area (Å²) in [6.07, 6.45) is 4.16. The molecule has 5 rings (SSSR count). The summed E-state index contributed by atoms with van der Waals surface area (Å²) in [4.78, 5) is -0.0601. The van der Waals surface area contributed by atoms with Gasteiger partial charge in [-0.2, -0.15) is 5.10 Å². The highest BCUT2D eigenvalue weighted by Crippen LogP contribution is 2.36. The number of hydrogen-bond donors (Lipinski definition) is 2. The second kappa shape index (κ2) is 11.4. The van der Waals surface area contributed by atoms with Crippen LogP contribution in [-0.4, -0.2) is 30.5 Å². The van der Waals surface area contributed by atoms with E-state index in [1.54, 1.807) is 53.3 Å². The van der Waals surface area contributed by atoms with Gasteiger partial charge in [0.15, 0.2) is 11.4 Å². The van der Waals surface area contributed by atoms with Crippen LogP contribution in [0.5, 0.6) is 11.5 Å². The van der Waals surface area contributed by atoms with E-state index >= 15 is 0 Å². The number of anilines is 1. The number of nitrogens with zero attached hydrogens (tertiary/aromatic N) is 3. The van der Waals surface area contributed by atoms with Crippen molar-refractivity contribution in [2.24, 2.45) is 5.73 Å². The number of nitrogens with one attached hydrogen (secondary N) is 1. The van der Waals surface area contributed by atoms with E-state index in [1.807, 2.05) is 13.1 Å². The second-order valence-corrected chi connectivity index (χ2v) is 10.8. The van der Waals surface area contributed by atoms with Crippen molar-refractivity contribution in [2.75, 3.05) is 11.8 Å². The van der Waals surface area contributed by atoms with Gasteiger partial charge in [0.2, 0.25) is 0 Å². The molecule has 0 radical (unpaired) electrons. The summed E-state index contributed by atoms with van der Waals surface area (Å²) in [7, 11) is -2.69. The molecule has 0 fully saturated rings. The summed E-state index contributed by atoms with van der Waals surface area (Å²) in [5.41, 5.74) is 9.22. The maximum absolute atomic E-state index is 13.6. The molecular formula is C28H28FN5O5S. The number of fused-ring (bicyclic) bond motifs is 1. The predicted octanol–water partition coefficient (Wildman–Crippen LogP) is 4.62. The number of sulfonamides is 1. The Balaban J connectivity index is 1.45. The number of ether oxygens (including phenoxy) is 2. The lowest BCUT2D eigenvalue weighted by Crippen LogP contribution is -2.15. The molecule has 3 aromatic carbocycles. The molecule has 0 saturated heterocycles. The van der Waals surface area contributed by atoms with Crippen molar-refractivity contribution >= 4 is 26.8 Å². The average Bonchev–Trinajstić information content (AvgIpc) is 3.58. The summed E-state index contributed by atoms with van der Waals surface area (Å²) in [5.74, 6) is 0.141. The summed E-state index contributed by atoms with van der Waals surface area (Å²) in [5, 5.41) is 8.66. The molecule has 0 bridgehead atoms. The maximum Gasteiger partial charge on any atom is 0.266 e. The van der Waals surface area contributed by atoms with Crippen molar-refractivity contribution in [3.05, 3.63) is 95.1 Å². The number of aromatic nitrogens is 3. The van der Waals surface area contributed by atoms with Gasteiger partial charge in [-0.25, -0.2) is 12.8 Å². The van der Waals surface area contributed by atoms with Crippen LogP contribution in [-0.2, 0) is 36.1 Å². The molecular weight excluding hydrogens is 537 g/mol. The second-order valence-electron chi connectivity index (χ2n) is 9.11. The molecule has 10 nitrogen and oxygen atoms in total. The molecule has 40 heavy (non-hydrogen) atoms. The van der Waals surface area contributed by atoms with Crippen LogP contribution in [0.2, 0.25) is 0 Å². The molecule has 0 aliphatic carbocycles. The third-order valence-electron chi connectivity index (χ3n) is 6.33.